The predicted octanol–water partition coefficient (Wildman–Crippen LogP) is 5.39. The van der Waals surface area contributed by atoms with Gasteiger partial charge in [-0.25, -0.2) is 8.42 Å². The van der Waals surface area contributed by atoms with Gasteiger partial charge in [-0.2, -0.15) is 0 Å². The first kappa shape index (κ1) is 23.7. The van der Waals surface area contributed by atoms with Crippen molar-refractivity contribution in [2.24, 2.45) is 0 Å². The third kappa shape index (κ3) is 6.03. The summed E-state index contributed by atoms with van der Waals surface area (Å²) in [7, 11) is -4.07. The van der Waals surface area contributed by atoms with Crippen LogP contribution in [0.5, 0.6) is 5.75 Å². The number of hydrogen-bond donors (Lipinski definition) is 1. The van der Waals surface area contributed by atoms with Crippen LogP contribution in [0.2, 0.25) is 10.0 Å². The maximum Gasteiger partial charge on any atom is 0.264 e. The highest BCUT2D eigenvalue weighted by atomic mass is 35.5. The van der Waals surface area contributed by atoms with E-state index in [1.165, 1.54) is 30.3 Å². The van der Waals surface area contributed by atoms with Gasteiger partial charge in [-0.1, -0.05) is 41.9 Å². The summed E-state index contributed by atoms with van der Waals surface area (Å²) in [5, 5.41) is 3.44. The highest BCUT2D eigenvalue weighted by Crippen LogP contribution is 2.27. The minimum atomic E-state index is -4.07. The average molecular weight is 491 g/mol. The number of ether oxygens (including phenoxy) is 1. The zero-order valence-corrected chi connectivity index (χ0v) is 19.2. The van der Waals surface area contributed by atoms with Gasteiger partial charge in [0.2, 0.25) is 5.91 Å². The SMILES string of the molecule is C=CCOc1ccc(NC(=O)CN(c2cccc(Cl)c2)S(=O)(=O)c2ccc(Cl)cc2)cc1. The molecule has 6 nitrogen and oxygen atoms in total. The number of anilines is 2. The average Bonchev–Trinajstić information content (AvgIpc) is 2.77. The Morgan fingerprint density at radius 2 is 1.69 bits per heavy atom. The second-order valence-electron chi connectivity index (χ2n) is 6.62. The van der Waals surface area contributed by atoms with E-state index in [9.17, 15) is 13.2 Å². The van der Waals surface area contributed by atoms with Crippen LogP contribution < -0.4 is 14.4 Å². The molecule has 0 saturated heterocycles. The van der Waals surface area contributed by atoms with Crippen molar-refractivity contribution in [2.75, 3.05) is 22.8 Å². The molecule has 0 aliphatic carbocycles. The van der Waals surface area contributed by atoms with E-state index in [1.54, 1.807) is 48.5 Å². The number of hydrogen-bond acceptors (Lipinski definition) is 4. The van der Waals surface area contributed by atoms with E-state index in [-0.39, 0.29) is 10.6 Å². The van der Waals surface area contributed by atoms with Crippen molar-refractivity contribution in [3.05, 3.63) is 95.5 Å². The highest BCUT2D eigenvalue weighted by molar-refractivity contribution is 7.92. The van der Waals surface area contributed by atoms with Crippen molar-refractivity contribution in [1.29, 1.82) is 0 Å². The zero-order chi connectivity index (χ0) is 23.1. The molecule has 0 aromatic heterocycles. The van der Waals surface area contributed by atoms with Crippen molar-refractivity contribution in [2.45, 2.75) is 4.90 Å². The molecule has 0 bridgehead atoms. The molecular formula is C23H20Cl2N2O4S. The Balaban J connectivity index is 1.85. The molecule has 0 fully saturated rings. The zero-order valence-electron chi connectivity index (χ0n) is 16.9. The highest BCUT2D eigenvalue weighted by Gasteiger charge is 2.27. The lowest BCUT2D eigenvalue weighted by molar-refractivity contribution is -0.114. The van der Waals surface area contributed by atoms with Crippen LogP contribution in [0, 0.1) is 0 Å². The number of amides is 1. The standard InChI is InChI=1S/C23H20Cl2N2O4S/c1-2-14-31-21-10-8-19(9-11-21)26-23(28)16-27(20-5-3-4-18(25)15-20)32(29,30)22-12-6-17(24)7-13-22/h2-13,15H,1,14,16H2,(H,26,28). The van der Waals surface area contributed by atoms with Gasteiger partial charge in [-0.05, 0) is 66.7 Å². The second kappa shape index (κ2) is 10.5. The van der Waals surface area contributed by atoms with Crippen LogP contribution >= 0.6 is 23.2 Å². The number of carbonyl (C=O) groups is 1. The van der Waals surface area contributed by atoms with E-state index in [0.29, 0.717) is 28.1 Å². The van der Waals surface area contributed by atoms with Crippen molar-refractivity contribution in [3.8, 4) is 5.75 Å². The van der Waals surface area contributed by atoms with Gasteiger partial charge in [0.1, 0.15) is 18.9 Å². The molecule has 0 spiro atoms. The molecule has 0 heterocycles. The summed E-state index contributed by atoms with van der Waals surface area (Å²) in [6.07, 6.45) is 1.63. The van der Waals surface area contributed by atoms with E-state index in [0.717, 1.165) is 4.31 Å². The summed E-state index contributed by atoms with van der Waals surface area (Å²) in [5.41, 5.74) is 0.756. The van der Waals surface area contributed by atoms with Gasteiger partial charge in [-0.3, -0.25) is 9.10 Å². The Hall–Kier alpha value is -3.00. The Morgan fingerprint density at radius 1 is 1.00 bits per heavy atom. The number of sulfonamides is 1. The first-order valence-electron chi connectivity index (χ1n) is 9.47. The Bertz CT molecular complexity index is 1200. The van der Waals surface area contributed by atoms with Gasteiger partial charge in [-0.15, -0.1) is 0 Å². The quantitative estimate of drug-likeness (QED) is 0.407. The third-order valence-electron chi connectivity index (χ3n) is 4.29. The molecule has 1 amide bonds. The van der Waals surface area contributed by atoms with Crippen LogP contribution in [0.1, 0.15) is 0 Å². The predicted molar refractivity (Wildman–Crippen MR) is 128 cm³/mol. The van der Waals surface area contributed by atoms with Gasteiger partial charge >= 0.3 is 0 Å². The van der Waals surface area contributed by atoms with E-state index in [1.807, 2.05) is 0 Å². The number of nitrogens with zero attached hydrogens (tertiary/aromatic N) is 1. The van der Waals surface area contributed by atoms with E-state index >= 15 is 0 Å². The summed E-state index contributed by atoms with van der Waals surface area (Å²) in [5.74, 6) is 0.0936. The number of nitrogens with one attached hydrogen (secondary N) is 1. The van der Waals surface area contributed by atoms with Crippen LogP contribution in [0.15, 0.2) is 90.3 Å². The van der Waals surface area contributed by atoms with Crippen molar-refractivity contribution >= 4 is 50.5 Å². The summed E-state index contributed by atoms with van der Waals surface area (Å²) < 4.78 is 33.1. The largest absolute Gasteiger partial charge is 0.490 e. The Labute approximate surface area is 197 Å². The van der Waals surface area contributed by atoms with E-state index < -0.39 is 22.5 Å². The molecule has 0 radical (unpaired) electrons. The maximum atomic E-state index is 13.3. The van der Waals surface area contributed by atoms with Crippen molar-refractivity contribution in [1.82, 2.24) is 0 Å². The lowest BCUT2D eigenvalue weighted by Gasteiger charge is -2.24. The van der Waals surface area contributed by atoms with E-state index in [4.69, 9.17) is 27.9 Å². The van der Waals surface area contributed by atoms with Gasteiger partial charge < -0.3 is 10.1 Å². The molecule has 166 valence electrons. The molecule has 0 unspecified atom stereocenters. The van der Waals surface area contributed by atoms with Crippen LogP contribution in [0.25, 0.3) is 0 Å². The van der Waals surface area contributed by atoms with Crippen LogP contribution in [0.3, 0.4) is 0 Å². The monoisotopic (exact) mass is 490 g/mol. The molecule has 0 saturated carbocycles. The van der Waals surface area contributed by atoms with Crippen LogP contribution in [0.4, 0.5) is 11.4 Å². The van der Waals surface area contributed by atoms with Crippen LogP contribution in [-0.2, 0) is 14.8 Å². The Kier molecular flexibility index (Phi) is 7.80. The Morgan fingerprint density at radius 3 is 2.31 bits per heavy atom. The lowest BCUT2D eigenvalue weighted by Crippen LogP contribution is -2.38. The maximum absolute atomic E-state index is 13.3. The second-order valence-corrected chi connectivity index (χ2v) is 9.35. The lowest BCUT2D eigenvalue weighted by atomic mass is 10.3. The molecule has 3 rings (SSSR count). The van der Waals surface area contributed by atoms with Gasteiger partial charge in [0.15, 0.2) is 0 Å². The molecule has 0 aliphatic heterocycles. The van der Waals surface area contributed by atoms with Gasteiger partial charge in [0, 0.05) is 15.7 Å². The molecule has 32 heavy (non-hydrogen) atoms. The molecule has 1 N–H and O–H groups in total. The van der Waals surface area contributed by atoms with Gasteiger partial charge in [0.25, 0.3) is 10.0 Å². The molecule has 9 heteroatoms. The number of rotatable bonds is 9. The smallest absolute Gasteiger partial charge is 0.264 e. The fraction of sp³-hybridized carbons (Fsp3) is 0.0870. The molecule has 3 aromatic rings. The van der Waals surface area contributed by atoms with Crippen LogP contribution in [-0.4, -0.2) is 27.5 Å². The number of halogens is 2. The minimum absolute atomic E-state index is 0.00149. The summed E-state index contributed by atoms with van der Waals surface area (Å²) >= 11 is 12.0. The normalized spacial score (nSPS) is 10.9. The molecular weight excluding hydrogens is 471 g/mol. The summed E-state index contributed by atoms with van der Waals surface area (Å²) in [6.45, 7) is 3.49. The minimum Gasteiger partial charge on any atom is -0.490 e. The fourth-order valence-corrected chi connectivity index (χ4v) is 4.52. The topological polar surface area (TPSA) is 75.7 Å². The summed E-state index contributed by atoms with van der Waals surface area (Å²) in [4.78, 5) is 12.8. The van der Waals surface area contributed by atoms with E-state index in [2.05, 4.69) is 11.9 Å². The van der Waals surface area contributed by atoms with Crippen molar-refractivity contribution < 1.29 is 17.9 Å². The molecule has 3 aromatic carbocycles. The number of carbonyl (C=O) groups excluding carboxylic acids is 1. The third-order valence-corrected chi connectivity index (χ3v) is 6.57. The molecule has 0 atom stereocenters. The summed E-state index contributed by atoms with van der Waals surface area (Å²) in [6, 6.07) is 18.7. The number of benzene rings is 3. The first-order valence-corrected chi connectivity index (χ1v) is 11.7. The van der Waals surface area contributed by atoms with Crippen molar-refractivity contribution in [3.63, 3.8) is 0 Å². The fourth-order valence-electron chi connectivity index (χ4n) is 2.80. The van der Waals surface area contributed by atoms with Gasteiger partial charge in [0.05, 0.1) is 10.6 Å². The first-order chi connectivity index (χ1) is 15.3. The molecule has 0 aliphatic rings.